The molecule has 88 valence electrons. The van der Waals surface area contributed by atoms with Gasteiger partial charge < -0.3 is 15.0 Å². The van der Waals surface area contributed by atoms with Crippen LogP contribution in [0.15, 0.2) is 0 Å². The lowest BCUT2D eigenvalue weighted by Gasteiger charge is -2.31. The Bertz CT molecular complexity index is 172. The number of ether oxygens (including phenoxy) is 1. The van der Waals surface area contributed by atoms with Gasteiger partial charge >= 0.3 is 0 Å². The molecule has 2 fully saturated rings. The fourth-order valence-electron chi connectivity index (χ4n) is 2.50. The summed E-state index contributed by atoms with van der Waals surface area (Å²) in [6, 6.07) is 0.624. The molecule has 1 atom stereocenters. The first-order valence-corrected chi connectivity index (χ1v) is 6.34. The molecule has 0 amide bonds. The molecule has 0 spiro atoms. The van der Waals surface area contributed by atoms with E-state index in [-0.39, 0.29) is 0 Å². The van der Waals surface area contributed by atoms with E-state index in [0.717, 1.165) is 19.1 Å². The van der Waals surface area contributed by atoms with Crippen molar-refractivity contribution in [1.29, 1.82) is 0 Å². The molecule has 0 aromatic rings. The van der Waals surface area contributed by atoms with Crippen LogP contribution in [0.25, 0.3) is 0 Å². The van der Waals surface area contributed by atoms with Gasteiger partial charge in [-0.2, -0.15) is 0 Å². The summed E-state index contributed by atoms with van der Waals surface area (Å²) in [7, 11) is 2.22. The van der Waals surface area contributed by atoms with Crippen LogP contribution >= 0.6 is 0 Å². The number of hydrogen-bond acceptors (Lipinski definition) is 3. The van der Waals surface area contributed by atoms with Crippen LogP contribution in [0.2, 0.25) is 0 Å². The summed E-state index contributed by atoms with van der Waals surface area (Å²) in [5.74, 6) is 0.892. The highest BCUT2D eigenvalue weighted by Gasteiger charge is 2.19. The van der Waals surface area contributed by atoms with Crippen LogP contribution in [0.5, 0.6) is 0 Å². The Morgan fingerprint density at radius 3 is 2.73 bits per heavy atom. The molecular weight excluding hydrogens is 188 g/mol. The molecule has 0 aromatic carbocycles. The van der Waals surface area contributed by atoms with E-state index in [1.54, 1.807) is 0 Å². The minimum absolute atomic E-state index is 0.624. The first-order chi connectivity index (χ1) is 7.34. The number of hydrogen-bond donors (Lipinski definition) is 1. The Balaban J connectivity index is 1.60. The van der Waals surface area contributed by atoms with E-state index < -0.39 is 0 Å². The molecule has 3 heteroatoms. The maximum Gasteiger partial charge on any atom is 0.0619 e. The quantitative estimate of drug-likeness (QED) is 0.758. The molecule has 1 N–H and O–H groups in total. The molecule has 0 saturated carbocycles. The van der Waals surface area contributed by atoms with Crippen molar-refractivity contribution in [2.24, 2.45) is 5.92 Å². The first kappa shape index (κ1) is 11.4. The van der Waals surface area contributed by atoms with Crippen molar-refractivity contribution in [3.8, 4) is 0 Å². The van der Waals surface area contributed by atoms with E-state index >= 15 is 0 Å². The monoisotopic (exact) mass is 212 g/mol. The van der Waals surface area contributed by atoms with Gasteiger partial charge in [-0.15, -0.1) is 0 Å². The Morgan fingerprint density at radius 2 is 2.07 bits per heavy atom. The van der Waals surface area contributed by atoms with Crippen LogP contribution in [0.4, 0.5) is 0 Å². The summed E-state index contributed by atoms with van der Waals surface area (Å²) in [6.07, 6.45) is 5.24. The fourth-order valence-corrected chi connectivity index (χ4v) is 2.50. The SMILES string of the molecule is CN1CCC(CNC2CCCOC2)CC1. The number of piperidine rings is 1. The molecule has 0 bridgehead atoms. The molecule has 2 aliphatic heterocycles. The second-order valence-electron chi connectivity index (χ2n) is 5.07. The van der Waals surface area contributed by atoms with Gasteiger partial charge in [-0.1, -0.05) is 0 Å². The van der Waals surface area contributed by atoms with Crippen molar-refractivity contribution in [3.63, 3.8) is 0 Å². The molecule has 0 aliphatic carbocycles. The number of rotatable bonds is 3. The molecular formula is C12H24N2O. The lowest BCUT2D eigenvalue weighted by Crippen LogP contribution is -2.42. The zero-order valence-electron chi connectivity index (χ0n) is 9.87. The Labute approximate surface area is 93.2 Å². The average Bonchev–Trinajstić information content (AvgIpc) is 2.30. The molecule has 15 heavy (non-hydrogen) atoms. The van der Waals surface area contributed by atoms with Gasteiger partial charge in [-0.3, -0.25) is 0 Å². The van der Waals surface area contributed by atoms with E-state index in [0.29, 0.717) is 6.04 Å². The standard InChI is InChI=1S/C12H24N2O/c1-14-6-4-11(5-7-14)9-13-12-3-2-8-15-10-12/h11-13H,2-10H2,1H3. The second kappa shape index (κ2) is 5.83. The number of nitrogens with zero attached hydrogens (tertiary/aromatic N) is 1. The minimum atomic E-state index is 0.624. The van der Waals surface area contributed by atoms with E-state index in [9.17, 15) is 0 Å². The third-order valence-electron chi connectivity index (χ3n) is 3.69. The van der Waals surface area contributed by atoms with Crippen LogP contribution in [-0.2, 0) is 4.74 Å². The first-order valence-electron chi connectivity index (χ1n) is 6.34. The van der Waals surface area contributed by atoms with Crippen molar-refractivity contribution in [1.82, 2.24) is 10.2 Å². The van der Waals surface area contributed by atoms with Crippen molar-refractivity contribution in [2.75, 3.05) is 39.9 Å². The van der Waals surface area contributed by atoms with Crippen LogP contribution in [-0.4, -0.2) is 50.8 Å². The molecule has 3 nitrogen and oxygen atoms in total. The number of likely N-dealkylation sites (tertiary alicyclic amines) is 1. The zero-order chi connectivity index (χ0) is 10.5. The van der Waals surface area contributed by atoms with Gasteiger partial charge in [0.15, 0.2) is 0 Å². The molecule has 0 aromatic heterocycles. The Morgan fingerprint density at radius 1 is 1.27 bits per heavy atom. The van der Waals surface area contributed by atoms with E-state index in [4.69, 9.17) is 4.74 Å². The third kappa shape index (κ3) is 3.74. The summed E-state index contributed by atoms with van der Waals surface area (Å²) in [5, 5.41) is 3.66. The fraction of sp³-hybridized carbons (Fsp3) is 1.00. The maximum absolute atomic E-state index is 5.47. The molecule has 2 rings (SSSR count). The van der Waals surface area contributed by atoms with Crippen molar-refractivity contribution < 1.29 is 4.74 Å². The summed E-state index contributed by atoms with van der Waals surface area (Å²) in [4.78, 5) is 2.43. The predicted octanol–water partition coefficient (Wildman–Crippen LogP) is 1.10. The molecule has 1 unspecified atom stereocenters. The largest absolute Gasteiger partial charge is 0.380 e. The number of nitrogens with one attached hydrogen (secondary N) is 1. The lowest BCUT2D eigenvalue weighted by atomic mass is 9.96. The van der Waals surface area contributed by atoms with Crippen LogP contribution < -0.4 is 5.32 Å². The van der Waals surface area contributed by atoms with Crippen LogP contribution in [0.1, 0.15) is 25.7 Å². The van der Waals surface area contributed by atoms with Gasteiger partial charge in [0.05, 0.1) is 6.61 Å². The molecule has 2 aliphatic rings. The van der Waals surface area contributed by atoms with Crippen molar-refractivity contribution >= 4 is 0 Å². The summed E-state index contributed by atoms with van der Waals surface area (Å²) in [6.45, 7) is 5.63. The Kier molecular flexibility index (Phi) is 4.42. The minimum Gasteiger partial charge on any atom is -0.380 e. The molecule has 2 saturated heterocycles. The molecule has 0 radical (unpaired) electrons. The topological polar surface area (TPSA) is 24.5 Å². The van der Waals surface area contributed by atoms with Gasteiger partial charge in [0.2, 0.25) is 0 Å². The maximum atomic E-state index is 5.47. The zero-order valence-corrected chi connectivity index (χ0v) is 9.87. The summed E-state index contributed by atoms with van der Waals surface area (Å²) in [5.41, 5.74) is 0. The summed E-state index contributed by atoms with van der Waals surface area (Å²) < 4.78 is 5.47. The van der Waals surface area contributed by atoms with Gasteiger partial charge in [0.25, 0.3) is 0 Å². The highest BCUT2D eigenvalue weighted by atomic mass is 16.5. The Hall–Kier alpha value is -0.120. The smallest absolute Gasteiger partial charge is 0.0619 e. The van der Waals surface area contributed by atoms with Gasteiger partial charge in [0.1, 0.15) is 0 Å². The average molecular weight is 212 g/mol. The van der Waals surface area contributed by atoms with Gasteiger partial charge in [-0.25, -0.2) is 0 Å². The normalized spacial score (nSPS) is 30.6. The summed E-state index contributed by atoms with van der Waals surface area (Å²) >= 11 is 0. The van der Waals surface area contributed by atoms with Gasteiger partial charge in [-0.05, 0) is 58.3 Å². The van der Waals surface area contributed by atoms with E-state index in [2.05, 4.69) is 17.3 Å². The van der Waals surface area contributed by atoms with Gasteiger partial charge in [0, 0.05) is 12.6 Å². The highest BCUT2D eigenvalue weighted by Crippen LogP contribution is 2.15. The van der Waals surface area contributed by atoms with Crippen molar-refractivity contribution in [2.45, 2.75) is 31.7 Å². The van der Waals surface area contributed by atoms with E-state index in [1.165, 1.54) is 45.3 Å². The van der Waals surface area contributed by atoms with Crippen LogP contribution in [0.3, 0.4) is 0 Å². The van der Waals surface area contributed by atoms with Crippen molar-refractivity contribution in [3.05, 3.63) is 0 Å². The molecule has 2 heterocycles. The second-order valence-corrected chi connectivity index (χ2v) is 5.07. The van der Waals surface area contributed by atoms with Crippen LogP contribution in [0, 0.1) is 5.92 Å². The van der Waals surface area contributed by atoms with E-state index in [1.807, 2.05) is 0 Å². The highest BCUT2D eigenvalue weighted by molar-refractivity contribution is 4.76. The third-order valence-corrected chi connectivity index (χ3v) is 3.69. The predicted molar refractivity (Wildman–Crippen MR) is 62.1 cm³/mol. The lowest BCUT2D eigenvalue weighted by molar-refractivity contribution is 0.0676.